The first-order chi connectivity index (χ1) is 12.7. The van der Waals surface area contributed by atoms with Crippen LogP contribution in [0.5, 0.6) is 23.5 Å². The fraction of sp³-hybridized carbons (Fsp3) is 0.389. The lowest BCUT2D eigenvalue weighted by molar-refractivity contribution is 0.0747. The van der Waals surface area contributed by atoms with E-state index in [4.69, 9.17) is 14.2 Å². The molecule has 3 rings (SSSR count). The number of carbonyl (C=O) groups is 1. The van der Waals surface area contributed by atoms with Gasteiger partial charge in [0.2, 0.25) is 11.8 Å². The molecule has 8 heteroatoms. The number of hydrogen-bond acceptors (Lipinski definition) is 7. The number of benzene rings is 1. The predicted molar refractivity (Wildman–Crippen MR) is 94.5 cm³/mol. The molecule has 2 heterocycles. The second-order valence-corrected chi connectivity index (χ2v) is 5.82. The number of carbonyl (C=O) groups excluding carboxylic acids is 1. The Labute approximate surface area is 152 Å². The highest BCUT2D eigenvalue weighted by atomic mass is 16.5. The second kappa shape index (κ2) is 8.48. The van der Waals surface area contributed by atoms with Gasteiger partial charge in [-0.05, 0) is 25.0 Å². The molecule has 2 aromatic rings. The molecule has 0 saturated carbocycles. The Morgan fingerprint density at radius 3 is 2.35 bits per heavy atom. The van der Waals surface area contributed by atoms with E-state index in [0.717, 1.165) is 25.9 Å². The molecule has 1 aliphatic rings. The number of hydrogen-bond donors (Lipinski definition) is 1. The average Bonchev–Trinajstić information content (AvgIpc) is 2.68. The highest BCUT2D eigenvalue weighted by Gasteiger charge is 2.18. The smallest absolute Gasteiger partial charge is 0.328 e. The first-order valence-corrected chi connectivity index (χ1v) is 8.49. The topological polar surface area (TPSA) is 85.8 Å². The van der Waals surface area contributed by atoms with Crippen LogP contribution in [0.25, 0.3) is 0 Å². The summed E-state index contributed by atoms with van der Waals surface area (Å²) in [4.78, 5) is 20.9. The van der Waals surface area contributed by atoms with Crippen LogP contribution in [0, 0.1) is 0 Å². The van der Waals surface area contributed by atoms with Gasteiger partial charge in [-0.3, -0.25) is 10.2 Å². The molecule has 0 atom stereocenters. The maximum absolute atomic E-state index is 12.6. The minimum absolute atomic E-state index is 0.0411. The highest BCUT2D eigenvalue weighted by Crippen LogP contribution is 2.26. The number of ether oxygens (including phenoxy) is 3. The van der Waals surface area contributed by atoms with E-state index in [0.29, 0.717) is 23.1 Å². The number of methoxy groups -OCH3 is 2. The summed E-state index contributed by atoms with van der Waals surface area (Å²) in [7, 11) is 2.98. The predicted octanol–water partition coefficient (Wildman–Crippen LogP) is 2.42. The summed E-state index contributed by atoms with van der Waals surface area (Å²) in [6, 6.07) is 8.54. The molecule has 0 bridgehead atoms. The molecule has 1 N–H and O–H groups in total. The monoisotopic (exact) mass is 358 g/mol. The number of aromatic nitrogens is 2. The molecule has 1 aromatic heterocycles. The van der Waals surface area contributed by atoms with E-state index in [2.05, 4.69) is 15.4 Å². The van der Waals surface area contributed by atoms with Crippen molar-refractivity contribution in [2.75, 3.05) is 27.3 Å². The fourth-order valence-electron chi connectivity index (χ4n) is 2.69. The quantitative estimate of drug-likeness (QED) is 0.848. The van der Waals surface area contributed by atoms with Crippen molar-refractivity contribution in [3.8, 4) is 23.5 Å². The first-order valence-electron chi connectivity index (χ1n) is 8.49. The van der Waals surface area contributed by atoms with Crippen molar-refractivity contribution in [2.45, 2.75) is 19.3 Å². The van der Waals surface area contributed by atoms with E-state index in [1.807, 2.05) is 5.01 Å². The van der Waals surface area contributed by atoms with Crippen molar-refractivity contribution in [2.24, 2.45) is 0 Å². The van der Waals surface area contributed by atoms with Crippen LogP contribution in [-0.4, -0.2) is 48.2 Å². The molecule has 1 aromatic carbocycles. The van der Waals surface area contributed by atoms with Crippen LogP contribution in [0.15, 0.2) is 30.3 Å². The lowest BCUT2D eigenvalue weighted by Crippen LogP contribution is -2.45. The van der Waals surface area contributed by atoms with E-state index < -0.39 is 0 Å². The van der Waals surface area contributed by atoms with Crippen molar-refractivity contribution >= 4 is 5.91 Å². The number of nitrogens with one attached hydrogen (secondary N) is 1. The normalized spacial score (nSPS) is 14.5. The SMILES string of the molecule is COc1cc(OC)nc(Oc2ccccc2C(=O)NN2CCCCC2)n1. The summed E-state index contributed by atoms with van der Waals surface area (Å²) in [6.07, 6.45) is 3.35. The molecule has 0 aliphatic carbocycles. The minimum atomic E-state index is -0.225. The van der Waals surface area contributed by atoms with Crippen LogP contribution >= 0.6 is 0 Å². The second-order valence-electron chi connectivity index (χ2n) is 5.82. The number of hydrazine groups is 1. The van der Waals surface area contributed by atoms with E-state index in [9.17, 15) is 4.79 Å². The molecular weight excluding hydrogens is 336 g/mol. The molecule has 0 radical (unpaired) electrons. The van der Waals surface area contributed by atoms with Crippen LogP contribution in [0.4, 0.5) is 0 Å². The van der Waals surface area contributed by atoms with Crippen molar-refractivity contribution in [3.05, 3.63) is 35.9 Å². The highest BCUT2D eigenvalue weighted by molar-refractivity contribution is 5.96. The van der Waals surface area contributed by atoms with Crippen molar-refractivity contribution in [1.82, 2.24) is 20.4 Å². The lowest BCUT2D eigenvalue weighted by Gasteiger charge is -2.27. The Kier molecular flexibility index (Phi) is 5.85. The van der Waals surface area contributed by atoms with Crippen LogP contribution in [0.2, 0.25) is 0 Å². The third-order valence-electron chi connectivity index (χ3n) is 4.03. The molecule has 138 valence electrons. The summed E-state index contributed by atoms with van der Waals surface area (Å²) >= 11 is 0. The number of piperidine rings is 1. The van der Waals surface area contributed by atoms with Gasteiger partial charge in [0.1, 0.15) is 5.75 Å². The third-order valence-corrected chi connectivity index (χ3v) is 4.03. The molecular formula is C18H22N4O4. The Balaban J connectivity index is 1.79. The molecule has 1 aliphatic heterocycles. The summed E-state index contributed by atoms with van der Waals surface area (Å²) < 4.78 is 16.0. The summed E-state index contributed by atoms with van der Waals surface area (Å²) in [5.41, 5.74) is 3.34. The first kappa shape index (κ1) is 17.9. The molecule has 0 spiro atoms. The summed E-state index contributed by atoms with van der Waals surface area (Å²) in [6.45, 7) is 1.70. The van der Waals surface area contributed by atoms with E-state index in [-0.39, 0.29) is 11.9 Å². The number of amides is 1. The third kappa shape index (κ3) is 4.40. The van der Waals surface area contributed by atoms with Gasteiger partial charge in [-0.25, -0.2) is 5.01 Å². The van der Waals surface area contributed by atoms with Gasteiger partial charge in [-0.15, -0.1) is 0 Å². The number of para-hydroxylation sites is 1. The zero-order valence-corrected chi connectivity index (χ0v) is 14.9. The van der Waals surface area contributed by atoms with Gasteiger partial charge in [0.25, 0.3) is 5.91 Å². The Morgan fingerprint density at radius 1 is 1.04 bits per heavy atom. The fourth-order valence-corrected chi connectivity index (χ4v) is 2.69. The maximum Gasteiger partial charge on any atom is 0.328 e. The molecule has 1 amide bonds. The van der Waals surface area contributed by atoms with Crippen LogP contribution in [0.1, 0.15) is 29.6 Å². The van der Waals surface area contributed by atoms with Crippen LogP contribution < -0.4 is 19.6 Å². The summed E-state index contributed by atoms with van der Waals surface area (Å²) in [5.74, 6) is 0.749. The van der Waals surface area contributed by atoms with Gasteiger partial charge >= 0.3 is 6.01 Å². The van der Waals surface area contributed by atoms with Crippen molar-refractivity contribution < 1.29 is 19.0 Å². The van der Waals surface area contributed by atoms with E-state index in [1.165, 1.54) is 20.6 Å². The van der Waals surface area contributed by atoms with Crippen LogP contribution in [0.3, 0.4) is 0 Å². The molecule has 1 saturated heterocycles. The summed E-state index contributed by atoms with van der Waals surface area (Å²) in [5, 5.41) is 1.94. The Morgan fingerprint density at radius 2 is 1.69 bits per heavy atom. The zero-order valence-electron chi connectivity index (χ0n) is 14.9. The Hall–Kier alpha value is -2.87. The van der Waals surface area contributed by atoms with Gasteiger partial charge < -0.3 is 14.2 Å². The number of rotatable bonds is 6. The number of nitrogens with zero attached hydrogens (tertiary/aromatic N) is 3. The lowest BCUT2D eigenvalue weighted by atomic mass is 10.1. The minimum Gasteiger partial charge on any atom is -0.481 e. The maximum atomic E-state index is 12.6. The Bertz CT molecular complexity index is 740. The van der Waals surface area contributed by atoms with E-state index in [1.54, 1.807) is 30.3 Å². The van der Waals surface area contributed by atoms with Crippen LogP contribution in [-0.2, 0) is 0 Å². The molecule has 0 unspecified atom stereocenters. The molecule has 26 heavy (non-hydrogen) atoms. The average molecular weight is 358 g/mol. The van der Waals surface area contributed by atoms with Gasteiger partial charge in [0, 0.05) is 13.1 Å². The van der Waals surface area contributed by atoms with Gasteiger partial charge in [0.15, 0.2) is 0 Å². The molecule has 1 fully saturated rings. The van der Waals surface area contributed by atoms with Gasteiger partial charge in [-0.2, -0.15) is 9.97 Å². The van der Waals surface area contributed by atoms with E-state index >= 15 is 0 Å². The van der Waals surface area contributed by atoms with Gasteiger partial charge in [0.05, 0.1) is 25.8 Å². The van der Waals surface area contributed by atoms with Crippen molar-refractivity contribution in [1.29, 1.82) is 0 Å². The zero-order chi connectivity index (χ0) is 18.4. The largest absolute Gasteiger partial charge is 0.481 e. The molecule has 8 nitrogen and oxygen atoms in total. The van der Waals surface area contributed by atoms with Gasteiger partial charge in [-0.1, -0.05) is 18.6 Å². The van der Waals surface area contributed by atoms with Crippen molar-refractivity contribution in [3.63, 3.8) is 0 Å². The standard InChI is InChI=1S/C18H22N4O4/c1-24-15-12-16(25-2)20-18(19-15)26-14-9-5-4-8-13(14)17(23)21-22-10-6-3-7-11-22/h4-5,8-9,12H,3,6-7,10-11H2,1-2H3,(H,21,23).